The molecule has 1 N–H and O–H groups in total. The average Bonchev–Trinajstić information content (AvgIpc) is 3.22. The van der Waals surface area contributed by atoms with Gasteiger partial charge in [-0.1, -0.05) is 0 Å². The summed E-state index contributed by atoms with van der Waals surface area (Å²) in [4.78, 5) is 23.1. The summed E-state index contributed by atoms with van der Waals surface area (Å²) in [5, 5.41) is 3.04. The third-order valence-corrected chi connectivity index (χ3v) is 6.08. The van der Waals surface area contributed by atoms with Crippen molar-refractivity contribution in [2.75, 3.05) is 23.4 Å². The number of aryl methyl sites for hydroxylation is 1. The van der Waals surface area contributed by atoms with E-state index in [-0.39, 0.29) is 29.1 Å². The third kappa shape index (κ3) is 4.21. The molecule has 0 radical (unpaired) electrons. The second-order valence-corrected chi connectivity index (χ2v) is 8.53. The van der Waals surface area contributed by atoms with Gasteiger partial charge in [-0.2, -0.15) is 0 Å². The van der Waals surface area contributed by atoms with Crippen LogP contribution in [0.1, 0.15) is 35.3 Å². The zero-order valence-electron chi connectivity index (χ0n) is 14.8. The minimum Gasteiger partial charge on any atom is -0.467 e. The molecule has 3 heterocycles. The monoisotopic (exact) mass is 378 g/mol. The number of nitrogens with zero attached hydrogens (tertiary/aromatic N) is 3. The van der Waals surface area contributed by atoms with E-state index in [1.165, 1.54) is 0 Å². The van der Waals surface area contributed by atoms with E-state index in [0.717, 1.165) is 5.76 Å². The molecular formula is C17H22N4O4S. The summed E-state index contributed by atoms with van der Waals surface area (Å²) in [6.45, 7) is 4.46. The number of amides is 1. The van der Waals surface area contributed by atoms with Crippen molar-refractivity contribution in [2.45, 2.75) is 32.9 Å². The van der Waals surface area contributed by atoms with Crippen molar-refractivity contribution < 1.29 is 17.6 Å². The van der Waals surface area contributed by atoms with Crippen molar-refractivity contribution in [3.8, 4) is 0 Å². The SMILES string of the molecule is CCN(C(=O)c1cc(C)nc(NCc2ccco2)n1)C1CCS(=O)(=O)C1. The minimum absolute atomic E-state index is 0.0141. The third-order valence-electron chi connectivity index (χ3n) is 4.32. The van der Waals surface area contributed by atoms with Crippen LogP contribution in [0.15, 0.2) is 28.9 Å². The van der Waals surface area contributed by atoms with Crippen LogP contribution < -0.4 is 5.32 Å². The van der Waals surface area contributed by atoms with Crippen LogP contribution in [-0.2, 0) is 16.4 Å². The van der Waals surface area contributed by atoms with Crippen LogP contribution in [0.4, 0.5) is 5.95 Å². The number of aromatic nitrogens is 2. The van der Waals surface area contributed by atoms with Crippen molar-refractivity contribution in [2.24, 2.45) is 0 Å². The molecule has 8 nitrogen and oxygen atoms in total. The summed E-state index contributed by atoms with van der Waals surface area (Å²) < 4.78 is 28.7. The first-order chi connectivity index (χ1) is 12.4. The molecule has 1 amide bonds. The summed E-state index contributed by atoms with van der Waals surface area (Å²) in [7, 11) is -3.07. The van der Waals surface area contributed by atoms with Crippen LogP contribution in [0.5, 0.6) is 0 Å². The van der Waals surface area contributed by atoms with Crippen molar-refractivity contribution in [1.82, 2.24) is 14.9 Å². The van der Waals surface area contributed by atoms with Gasteiger partial charge in [-0.05, 0) is 38.5 Å². The van der Waals surface area contributed by atoms with E-state index in [1.807, 2.05) is 13.0 Å². The van der Waals surface area contributed by atoms with E-state index < -0.39 is 9.84 Å². The Hall–Kier alpha value is -2.42. The lowest BCUT2D eigenvalue weighted by molar-refractivity contribution is 0.0702. The number of carbonyl (C=O) groups excluding carboxylic acids is 1. The molecule has 0 aromatic carbocycles. The summed E-state index contributed by atoms with van der Waals surface area (Å²) in [5.41, 5.74) is 0.908. The van der Waals surface area contributed by atoms with Crippen LogP contribution in [0.2, 0.25) is 0 Å². The molecule has 1 fully saturated rings. The molecule has 0 spiro atoms. The van der Waals surface area contributed by atoms with E-state index in [2.05, 4.69) is 15.3 Å². The maximum atomic E-state index is 12.9. The molecule has 3 rings (SSSR count). The molecule has 2 aromatic heterocycles. The number of hydrogen-bond donors (Lipinski definition) is 1. The van der Waals surface area contributed by atoms with Gasteiger partial charge in [0.2, 0.25) is 5.95 Å². The van der Waals surface area contributed by atoms with Crippen molar-refractivity contribution in [3.63, 3.8) is 0 Å². The summed E-state index contributed by atoms with van der Waals surface area (Å²) in [6.07, 6.45) is 2.05. The number of rotatable bonds is 6. The van der Waals surface area contributed by atoms with Gasteiger partial charge in [0.05, 0.1) is 24.3 Å². The number of hydrogen-bond acceptors (Lipinski definition) is 7. The zero-order chi connectivity index (χ0) is 18.7. The number of carbonyl (C=O) groups is 1. The van der Waals surface area contributed by atoms with E-state index in [0.29, 0.717) is 31.2 Å². The predicted molar refractivity (Wildman–Crippen MR) is 96.6 cm³/mol. The highest BCUT2D eigenvalue weighted by atomic mass is 32.2. The molecule has 2 aromatic rings. The molecule has 9 heteroatoms. The van der Waals surface area contributed by atoms with E-state index in [9.17, 15) is 13.2 Å². The highest BCUT2D eigenvalue weighted by Gasteiger charge is 2.34. The molecule has 0 aliphatic carbocycles. The lowest BCUT2D eigenvalue weighted by Gasteiger charge is -2.26. The molecule has 1 aliphatic heterocycles. The first kappa shape index (κ1) is 18.4. The number of nitrogens with one attached hydrogen (secondary N) is 1. The minimum atomic E-state index is -3.07. The van der Waals surface area contributed by atoms with Crippen molar-refractivity contribution in [3.05, 3.63) is 41.6 Å². The maximum absolute atomic E-state index is 12.9. The molecule has 1 saturated heterocycles. The Morgan fingerprint density at radius 2 is 2.23 bits per heavy atom. The van der Waals surface area contributed by atoms with Gasteiger partial charge < -0.3 is 14.6 Å². The Labute approximate surface area is 152 Å². The van der Waals surface area contributed by atoms with E-state index >= 15 is 0 Å². The number of furan rings is 1. The maximum Gasteiger partial charge on any atom is 0.272 e. The molecule has 140 valence electrons. The van der Waals surface area contributed by atoms with Crippen LogP contribution in [-0.4, -0.2) is 53.3 Å². The highest BCUT2D eigenvalue weighted by Crippen LogP contribution is 2.20. The van der Waals surface area contributed by atoms with E-state index in [4.69, 9.17) is 4.42 Å². The van der Waals surface area contributed by atoms with Gasteiger partial charge in [-0.15, -0.1) is 0 Å². The predicted octanol–water partition coefficient (Wildman–Crippen LogP) is 1.64. The standard InChI is InChI=1S/C17H22N4O4S/c1-3-21(13-6-8-26(23,24)11-13)16(22)15-9-12(2)19-17(20-15)18-10-14-5-4-7-25-14/h4-5,7,9,13H,3,6,8,10-11H2,1-2H3,(H,18,19,20). The van der Waals surface area contributed by atoms with Crippen molar-refractivity contribution >= 4 is 21.7 Å². The second-order valence-electron chi connectivity index (χ2n) is 6.30. The Morgan fingerprint density at radius 3 is 2.85 bits per heavy atom. The fourth-order valence-corrected chi connectivity index (χ4v) is 4.80. The molecule has 26 heavy (non-hydrogen) atoms. The quantitative estimate of drug-likeness (QED) is 0.814. The number of sulfone groups is 1. The zero-order valence-corrected chi connectivity index (χ0v) is 15.6. The van der Waals surface area contributed by atoms with Gasteiger partial charge in [0.1, 0.15) is 11.5 Å². The molecule has 0 bridgehead atoms. The van der Waals surface area contributed by atoms with Gasteiger partial charge in [0, 0.05) is 18.3 Å². The van der Waals surface area contributed by atoms with Crippen LogP contribution in [0.25, 0.3) is 0 Å². The molecular weight excluding hydrogens is 356 g/mol. The lowest BCUT2D eigenvalue weighted by Crippen LogP contribution is -2.41. The normalized spacial score (nSPS) is 18.6. The first-order valence-corrected chi connectivity index (χ1v) is 10.3. The van der Waals surface area contributed by atoms with Gasteiger partial charge in [-0.3, -0.25) is 4.79 Å². The topological polar surface area (TPSA) is 105 Å². The van der Waals surface area contributed by atoms with Gasteiger partial charge in [0.25, 0.3) is 5.91 Å². The lowest BCUT2D eigenvalue weighted by atomic mass is 10.2. The van der Waals surface area contributed by atoms with Crippen molar-refractivity contribution in [1.29, 1.82) is 0 Å². The molecule has 1 unspecified atom stereocenters. The smallest absolute Gasteiger partial charge is 0.272 e. The summed E-state index contributed by atoms with van der Waals surface area (Å²) in [5.74, 6) is 0.927. The van der Waals surface area contributed by atoms with Crippen LogP contribution >= 0.6 is 0 Å². The Morgan fingerprint density at radius 1 is 1.42 bits per heavy atom. The highest BCUT2D eigenvalue weighted by molar-refractivity contribution is 7.91. The first-order valence-electron chi connectivity index (χ1n) is 8.51. The Balaban J connectivity index is 1.77. The Bertz CT molecular complexity index is 880. The van der Waals surface area contributed by atoms with Gasteiger partial charge in [0.15, 0.2) is 9.84 Å². The second kappa shape index (κ2) is 7.45. The molecule has 0 saturated carbocycles. The van der Waals surface area contributed by atoms with Gasteiger partial charge >= 0.3 is 0 Å². The average molecular weight is 378 g/mol. The summed E-state index contributed by atoms with van der Waals surface area (Å²) >= 11 is 0. The largest absolute Gasteiger partial charge is 0.467 e. The molecule has 1 aliphatic rings. The summed E-state index contributed by atoms with van der Waals surface area (Å²) in [6, 6.07) is 4.94. The fourth-order valence-electron chi connectivity index (χ4n) is 3.07. The fraction of sp³-hybridized carbons (Fsp3) is 0.471. The molecule has 1 atom stereocenters. The van der Waals surface area contributed by atoms with E-state index in [1.54, 1.807) is 30.2 Å². The Kier molecular flexibility index (Phi) is 5.26. The van der Waals surface area contributed by atoms with Crippen LogP contribution in [0.3, 0.4) is 0 Å². The number of anilines is 1. The van der Waals surface area contributed by atoms with Gasteiger partial charge in [-0.25, -0.2) is 18.4 Å². The van der Waals surface area contributed by atoms with Crippen LogP contribution in [0, 0.1) is 6.92 Å².